The van der Waals surface area contributed by atoms with E-state index in [9.17, 15) is 4.79 Å². The van der Waals surface area contributed by atoms with Crippen LogP contribution in [-0.2, 0) is 0 Å². The van der Waals surface area contributed by atoms with Gasteiger partial charge in [-0.3, -0.25) is 4.79 Å². The Bertz CT molecular complexity index is 826. The van der Waals surface area contributed by atoms with Crippen molar-refractivity contribution in [1.82, 2.24) is 4.98 Å². The van der Waals surface area contributed by atoms with Gasteiger partial charge in [0.25, 0.3) is 0 Å². The van der Waals surface area contributed by atoms with Crippen molar-refractivity contribution in [2.45, 2.75) is 0 Å². The lowest BCUT2D eigenvalue weighted by Crippen LogP contribution is -2.03. The van der Waals surface area contributed by atoms with Gasteiger partial charge in [-0.05, 0) is 59.0 Å². The minimum absolute atomic E-state index is 0.0278. The largest absolute Gasteiger partial charge is 0.360 e. The van der Waals surface area contributed by atoms with Gasteiger partial charge in [0.05, 0.1) is 0 Å². The quantitative estimate of drug-likeness (QED) is 0.361. The maximum atomic E-state index is 12.7. The van der Waals surface area contributed by atoms with E-state index >= 15 is 0 Å². The SMILES string of the molecule is O=C(c1cc(Br)ccc1I)c1c[nH]c2ccc(Br)cc12. The molecule has 0 atom stereocenters. The molecular formula is C15H8Br2INO. The summed E-state index contributed by atoms with van der Waals surface area (Å²) in [5.74, 6) is 0.0278. The highest BCUT2D eigenvalue weighted by Crippen LogP contribution is 2.27. The number of nitrogens with one attached hydrogen (secondary N) is 1. The van der Waals surface area contributed by atoms with E-state index in [1.165, 1.54) is 0 Å². The van der Waals surface area contributed by atoms with E-state index in [0.717, 1.165) is 23.4 Å². The molecule has 0 saturated heterocycles. The molecule has 0 bridgehead atoms. The maximum absolute atomic E-state index is 12.7. The van der Waals surface area contributed by atoms with Gasteiger partial charge in [0.15, 0.2) is 5.78 Å². The zero-order valence-corrected chi connectivity index (χ0v) is 15.4. The predicted molar refractivity (Wildman–Crippen MR) is 96.3 cm³/mol. The number of aromatic nitrogens is 1. The number of carbonyl (C=O) groups is 1. The number of hydrogen-bond donors (Lipinski definition) is 1. The molecule has 3 aromatic rings. The summed E-state index contributed by atoms with van der Waals surface area (Å²) in [5.41, 5.74) is 2.36. The van der Waals surface area contributed by atoms with Crippen LogP contribution in [-0.4, -0.2) is 10.8 Å². The Morgan fingerprint density at radius 3 is 2.50 bits per heavy atom. The average molecular weight is 505 g/mol. The molecule has 0 radical (unpaired) electrons. The summed E-state index contributed by atoms with van der Waals surface area (Å²) in [4.78, 5) is 15.9. The number of carbonyl (C=O) groups excluding carboxylic acids is 1. The maximum Gasteiger partial charge on any atom is 0.196 e. The van der Waals surface area contributed by atoms with Crippen molar-refractivity contribution in [3.05, 3.63) is 66.2 Å². The van der Waals surface area contributed by atoms with Crippen LogP contribution in [0.4, 0.5) is 0 Å². The zero-order valence-electron chi connectivity index (χ0n) is 10.1. The van der Waals surface area contributed by atoms with Gasteiger partial charge in [-0.2, -0.15) is 0 Å². The first-order chi connectivity index (χ1) is 9.56. The summed E-state index contributed by atoms with van der Waals surface area (Å²) in [6.07, 6.45) is 1.77. The molecule has 5 heteroatoms. The van der Waals surface area contributed by atoms with Crippen LogP contribution in [0.2, 0.25) is 0 Å². The van der Waals surface area contributed by atoms with Crippen LogP contribution in [0.5, 0.6) is 0 Å². The second-order valence-corrected chi connectivity index (χ2v) is 7.34. The van der Waals surface area contributed by atoms with Crippen LogP contribution >= 0.6 is 54.5 Å². The van der Waals surface area contributed by atoms with Gasteiger partial charge in [-0.15, -0.1) is 0 Å². The number of ketones is 1. The molecule has 0 unspecified atom stereocenters. The van der Waals surface area contributed by atoms with Crippen molar-refractivity contribution in [2.75, 3.05) is 0 Å². The Labute approximate surface area is 146 Å². The number of benzene rings is 2. The third-order valence-electron chi connectivity index (χ3n) is 3.06. The first-order valence-electron chi connectivity index (χ1n) is 5.82. The molecule has 2 nitrogen and oxygen atoms in total. The zero-order chi connectivity index (χ0) is 14.3. The smallest absolute Gasteiger partial charge is 0.196 e. The molecule has 0 saturated carbocycles. The van der Waals surface area contributed by atoms with Crippen molar-refractivity contribution in [3.8, 4) is 0 Å². The molecular weight excluding hydrogens is 497 g/mol. The number of halogens is 3. The minimum Gasteiger partial charge on any atom is -0.360 e. The van der Waals surface area contributed by atoms with Crippen LogP contribution in [0.25, 0.3) is 10.9 Å². The molecule has 0 spiro atoms. The third-order valence-corrected chi connectivity index (χ3v) is 4.99. The molecule has 1 heterocycles. The molecule has 0 aliphatic heterocycles. The van der Waals surface area contributed by atoms with Gasteiger partial charge in [-0.25, -0.2) is 0 Å². The highest BCUT2D eigenvalue weighted by molar-refractivity contribution is 14.1. The van der Waals surface area contributed by atoms with Crippen LogP contribution in [0, 0.1) is 3.57 Å². The van der Waals surface area contributed by atoms with E-state index in [4.69, 9.17) is 0 Å². The Kier molecular flexibility index (Phi) is 4.01. The molecule has 1 aromatic heterocycles. The number of hydrogen-bond acceptors (Lipinski definition) is 1. The second-order valence-electron chi connectivity index (χ2n) is 4.35. The van der Waals surface area contributed by atoms with Crippen LogP contribution in [0.15, 0.2) is 51.5 Å². The van der Waals surface area contributed by atoms with Gasteiger partial charge in [0.2, 0.25) is 0 Å². The molecule has 20 heavy (non-hydrogen) atoms. The van der Waals surface area contributed by atoms with Crippen LogP contribution in [0.3, 0.4) is 0 Å². The highest BCUT2D eigenvalue weighted by atomic mass is 127. The van der Waals surface area contributed by atoms with Crippen LogP contribution in [0.1, 0.15) is 15.9 Å². The number of H-pyrrole nitrogens is 1. The molecule has 0 amide bonds. The summed E-state index contributed by atoms with van der Waals surface area (Å²) >= 11 is 9.05. The van der Waals surface area contributed by atoms with Gasteiger partial charge >= 0.3 is 0 Å². The van der Waals surface area contributed by atoms with Crippen molar-refractivity contribution in [3.63, 3.8) is 0 Å². The fourth-order valence-corrected chi connectivity index (χ4v) is 3.40. The normalized spacial score (nSPS) is 10.9. The molecule has 2 aromatic carbocycles. The number of rotatable bonds is 2. The standard InChI is InChI=1S/C15H8Br2INO/c16-8-1-3-13(18)11(6-8)15(20)12-7-19-14-4-2-9(17)5-10(12)14/h1-7,19H. The number of fused-ring (bicyclic) bond motifs is 1. The lowest BCUT2D eigenvalue weighted by atomic mass is 10.0. The van der Waals surface area contributed by atoms with Crippen molar-refractivity contribution >= 4 is 71.1 Å². The van der Waals surface area contributed by atoms with Gasteiger partial charge in [0, 0.05) is 40.7 Å². The van der Waals surface area contributed by atoms with Crippen molar-refractivity contribution in [1.29, 1.82) is 0 Å². The molecule has 0 aliphatic carbocycles. The van der Waals surface area contributed by atoms with E-state index in [-0.39, 0.29) is 5.78 Å². The van der Waals surface area contributed by atoms with E-state index in [2.05, 4.69) is 59.4 Å². The summed E-state index contributed by atoms with van der Waals surface area (Å²) in [6, 6.07) is 11.6. The fraction of sp³-hybridized carbons (Fsp3) is 0. The van der Waals surface area contributed by atoms with Crippen molar-refractivity contribution in [2.24, 2.45) is 0 Å². The Balaban J connectivity index is 2.17. The van der Waals surface area contributed by atoms with Gasteiger partial charge < -0.3 is 4.98 Å². The lowest BCUT2D eigenvalue weighted by Gasteiger charge is -2.04. The number of aromatic amines is 1. The van der Waals surface area contributed by atoms with E-state index in [0.29, 0.717) is 11.1 Å². The summed E-state index contributed by atoms with van der Waals surface area (Å²) < 4.78 is 2.81. The average Bonchev–Trinajstić information content (AvgIpc) is 2.83. The Hall–Kier alpha value is -0.660. The molecule has 3 rings (SSSR count). The first kappa shape index (κ1) is 14.3. The molecule has 0 fully saturated rings. The third kappa shape index (κ3) is 2.58. The molecule has 1 N–H and O–H groups in total. The summed E-state index contributed by atoms with van der Waals surface area (Å²) in [7, 11) is 0. The second kappa shape index (κ2) is 5.61. The van der Waals surface area contributed by atoms with Crippen LogP contribution < -0.4 is 0 Å². The highest BCUT2D eigenvalue weighted by Gasteiger charge is 2.17. The van der Waals surface area contributed by atoms with E-state index in [1.54, 1.807) is 6.20 Å². The van der Waals surface area contributed by atoms with Gasteiger partial charge in [0.1, 0.15) is 0 Å². The minimum atomic E-state index is 0.0278. The Morgan fingerprint density at radius 1 is 1.00 bits per heavy atom. The van der Waals surface area contributed by atoms with Crippen molar-refractivity contribution < 1.29 is 4.79 Å². The predicted octanol–water partition coefficient (Wildman–Crippen LogP) is 5.53. The monoisotopic (exact) mass is 503 g/mol. The summed E-state index contributed by atoms with van der Waals surface area (Å²) in [5, 5.41) is 0.931. The first-order valence-corrected chi connectivity index (χ1v) is 8.49. The molecule has 0 aliphatic rings. The fourth-order valence-electron chi connectivity index (χ4n) is 2.10. The summed E-state index contributed by atoms with van der Waals surface area (Å²) in [6.45, 7) is 0. The Morgan fingerprint density at radius 2 is 1.70 bits per heavy atom. The van der Waals surface area contributed by atoms with Gasteiger partial charge in [-0.1, -0.05) is 31.9 Å². The topological polar surface area (TPSA) is 32.9 Å². The van der Waals surface area contributed by atoms with E-state index < -0.39 is 0 Å². The van der Waals surface area contributed by atoms with E-state index in [1.807, 2.05) is 36.4 Å². The lowest BCUT2D eigenvalue weighted by molar-refractivity contribution is 0.103. The molecule has 100 valence electrons.